The van der Waals surface area contributed by atoms with Crippen molar-refractivity contribution in [2.24, 2.45) is 5.92 Å². The van der Waals surface area contributed by atoms with Crippen molar-refractivity contribution in [3.05, 3.63) is 35.6 Å². The molecule has 1 aromatic carbocycles. The van der Waals surface area contributed by atoms with E-state index < -0.39 is 17.6 Å². The van der Waals surface area contributed by atoms with Crippen LogP contribution in [-0.4, -0.2) is 42.3 Å². The highest BCUT2D eigenvalue weighted by molar-refractivity contribution is 5.88. The quantitative estimate of drug-likeness (QED) is 0.607. The van der Waals surface area contributed by atoms with Crippen molar-refractivity contribution in [2.45, 2.75) is 69.5 Å². The molecule has 174 valence electrons. The first-order valence-electron chi connectivity index (χ1n) is 10.6. The summed E-state index contributed by atoms with van der Waals surface area (Å²) < 4.78 is 45.1. The van der Waals surface area contributed by atoms with Crippen LogP contribution in [0.2, 0.25) is 0 Å². The van der Waals surface area contributed by atoms with E-state index in [0.29, 0.717) is 5.92 Å². The summed E-state index contributed by atoms with van der Waals surface area (Å²) in [4.78, 5) is 22.1. The number of halogens is 4. The maximum absolute atomic E-state index is 13.3. The Hall–Kier alpha value is -2.16. The lowest BCUT2D eigenvalue weighted by Gasteiger charge is -2.39. The van der Waals surface area contributed by atoms with E-state index in [1.807, 2.05) is 0 Å². The van der Waals surface area contributed by atoms with E-state index in [0.717, 1.165) is 31.5 Å². The van der Waals surface area contributed by atoms with E-state index in [-0.39, 0.29) is 17.8 Å². The predicted octanol–water partition coefficient (Wildman–Crippen LogP) is 4.17. The van der Waals surface area contributed by atoms with Gasteiger partial charge in [0.15, 0.2) is 0 Å². The molecule has 2 aliphatic rings. The zero-order chi connectivity index (χ0) is 23.1. The number of hydrogen-bond donors (Lipinski definition) is 3. The second kappa shape index (κ2) is 10.9. The maximum Gasteiger partial charge on any atom is 0.490 e. The standard InChI is InChI=1S/C20H29FN2O.C2HF3O2/c1-15(16-5-3-2-4-6-16)23-19(24)20(11-13-22-14-12-20)17-7-9-18(21)10-8-17;3-2(4,5)1(6)7/h7-10,15-16,22H,2-6,11-14H2,1H3,(H,23,24);(H,6,7)/t15-;/m0./s1. The fourth-order valence-electron chi connectivity index (χ4n) is 4.37. The molecule has 1 aromatic rings. The molecule has 9 heteroatoms. The van der Waals surface area contributed by atoms with E-state index in [1.54, 1.807) is 12.1 Å². The van der Waals surface area contributed by atoms with Crippen molar-refractivity contribution < 1.29 is 32.3 Å². The normalized spacial score (nSPS) is 20.2. The molecule has 31 heavy (non-hydrogen) atoms. The average molecular weight is 446 g/mol. The van der Waals surface area contributed by atoms with Gasteiger partial charge >= 0.3 is 12.1 Å². The Balaban J connectivity index is 0.000000423. The number of carbonyl (C=O) groups is 2. The van der Waals surface area contributed by atoms with Crippen LogP contribution in [0.4, 0.5) is 17.6 Å². The molecule has 0 spiro atoms. The summed E-state index contributed by atoms with van der Waals surface area (Å²) in [6.07, 6.45) is 2.75. The number of hydrogen-bond acceptors (Lipinski definition) is 3. The second-order valence-electron chi connectivity index (χ2n) is 8.30. The molecule has 1 heterocycles. The van der Waals surface area contributed by atoms with Gasteiger partial charge in [0.1, 0.15) is 5.82 Å². The lowest BCUT2D eigenvalue weighted by Crippen LogP contribution is -2.53. The maximum atomic E-state index is 13.3. The fraction of sp³-hybridized carbons (Fsp3) is 0.636. The number of carbonyl (C=O) groups excluding carboxylic acids is 1. The zero-order valence-electron chi connectivity index (χ0n) is 17.6. The molecular formula is C22H30F4N2O3. The summed E-state index contributed by atoms with van der Waals surface area (Å²) in [7, 11) is 0. The molecule has 0 unspecified atom stereocenters. The minimum atomic E-state index is -5.08. The summed E-state index contributed by atoms with van der Waals surface area (Å²) in [5.41, 5.74) is 0.417. The average Bonchev–Trinajstić information content (AvgIpc) is 2.75. The first-order chi connectivity index (χ1) is 14.6. The Kier molecular flexibility index (Phi) is 8.85. The third-order valence-corrected chi connectivity index (χ3v) is 6.25. The molecule has 1 amide bonds. The van der Waals surface area contributed by atoms with Crippen LogP contribution in [0.5, 0.6) is 0 Å². The summed E-state index contributed by atoms with van der Waals surface area (Å²) >= 11 is 0. The summed E-state index contributed by atoms with van der Waals surface area (Å²) in [5.74, 6) is -2.30. The number of carboxylic acid groups (broad SMARTS) is 1. The highest BCUT2D eigenvalue weighted by atomic mass is 19.4. The van der Waals surface area contributed by atoms with E-state index >= 15 is 0 Å². The zero-order valence-corrected chi connectivity index (χ0v) is 17.6. The van der Waals surface area contributed by atoms with Crippen LogP contribution in [0.15, 0.2) is 24.3 Å². The molecule has 1 aliphatic carbocycles. The Labute approximate surface area is 179 Å². The van der Waals surface area contributed by atoms with Gasteiger partial charge in [-0.25, -0.2) is 9.18 Å². The van der Waals surface area contributed by atoms with Crippen LogP contribution in [0.3, 0.4) is 0 Å². The fourth-order valence-corrected chi connectivity index (χ4v) is 4.37. The van der Waals surface area contributed by atoms with Gasteiger partial charge in [0.2, 0.25) is 5.91 Å². The molecule has 0 radical (unpaired) electrons. The highest BCUT2D eigenvalue weighted by Crippen LogP contribution is 2.35. The van der Waals surface area contributed by atoms with Gasteiger partial charge in [-0.15, -0.1) is 0 Å². The summed E-state index contributed by atoms with van der Waals surface area (Å²) in [5, 5.41) is 13.8. The van der Waals surface area contributed by atoms with Gasteiger partial charge in [-0.2, -0.15) is 13.2 Å². The number of nitrogens with one attached hydrogen (secondary N) is 2. The molecule has 1 aliphatic heterocycles. The molecule has 0 aromatic heterocycles. The van der Waals surface area contributed by atoms with Crippen molar-refractivity contribution >= 4 is 11.9 Å². The minimum absolute atomic E-state index is 0.119. The Morgan fingerprint density at radius 1 is 1.10 bits per heavy atom. The van der Waals surface area contributed by atoms with Crippen LogP contribution in [0.1, 0.15) is 57.4 Å². The monoisotopic (exact) mass is 446 g/mol. The third kappa shape index (κ3) is 6.92. The molecule has 5 nitrogen and oxygen atoms in total. The minimum Gasteiger partial charge on any atom is -0.475 e. The van der Waals surface area contributed by atoms with Gasteiger partial charge in [0.25, 0.3) is 0 Å². The van der Waals surface area contributed by atoms with Crippen LogP contribution >= 0.6 is 0 Å². The summed E-state index contributed by atoms with van der Waals surface area (Å²) in [6.45, 7) is 3.79. The van der Waals surface area contributed by atoms with Gasteiger partial charge in [0, 0.05) is 6.04 Å². The number of aliphatic carboxylic acids is 1. The molecule has 2 fully saturated rings. The Morgan fingerprint density at radius 3 is 2.10 bits per heavy atom. The second-order valence-corrected chi connectivity index (χ2v) is 8.30. The van der Waals surface area contributed by atoms with Crippen molar-refractivity contribution in [1.29, 1.82) is 0 Å². The number of carboxylic acids is 1. The largest absolute Gasteiger partial charge is 0.490 e. The molecule has 1 saturated carbocycles. The van der Waals surface area contributed by atoms with Crippen molar-refractivity contribution in [1.82, 2.24) is 10.6 Å². The van der Waals surface area contributed by atoms with Gasteiger partial charge in [-0.1, -0.05) is 31.4 Å². The van der Waals surface area contributed by atoms with E-state index in [2.05, 4.69) is 17.6 Å². The van der Waals surface area contributed by atoms with Crippen molar-refractivity contribution in [3.8, 4) is 0 Å². The lowest BCUT2D eigenvalue weighted by atomic mass is 9.72. The van der Waals surface area contributed by atoms with Crippen LogP contribution < -0.4 is 10.6 Å². The molecule has 1 saturated heterocycles. The topological polar surface area (TPSA) is 78.4 Å². The van der Waals surface area contributed by atoms with Crippen molar-refractivity contribution in [3.63, 3.8) is 0 Å². The Bertz CT molecular complexity index is 725. The molecule has 1 atom stereocenters. The number of piperidine rings is 1. The third-order valence-electron chi connectivity index (χ3n) is 6.25. The number of amides is 1. The van der Waals surface area contributed by atoms with E-state index in [1.165, 1.54) is 44.2 Å². The Morgan fingerprint density at radius 2 is 1.61 bits per heavy atom. The summed E-state index contributed by atoms with van der Waals surface area (Å²) in [6, 6.07) is 6.72. The van der Waals surface area contributed by atoms with Crippen molar-refractivity contribution in [2.75, 3.05) is 13.1 Å². The van der Waals surface area contributed by atoms with Crippen LogP contribution in [-0.2, 0) is 15.0 Å². The predicted molar refractivity (Wildman–Crippen MR) is 108 cm³/mol. The van der Waals surface area contributed by atoms with Crippen LogP contribution in [0.25, 0.3) is 0 Å². The van der Waals surface area contributed by atoms with Gasteiger partial charge in [-0.3, -0.25) is 4.79 Å². The van der Waals surface area contributed by atoms with Gasteiger partial charge in [-0.05, 0) is 69.3 Å². The first-order valence-corrected chi connectivity index (χ1v) is 10.6. The van der Waals surface area contributed by atoms with Gasteiger partial charge in [0.05, 0.1) is 5.41 Å². The smallest absolute Gasteiger partial charge is 0.475 e. The van der Waals surface area contributed by atoms with Gasteiger partial charge < -0.3 is 15.7 Å². The SMILES string of the molecule is C[C@H](NC(=O)C1(c2ccc(F)cc2)CCNCC1)C1CCCCC1.O=C(O)C(F)(F)F. The number of benzene rings is 1. The molecular weight excluding hydrogens is 416 g/mol. The molecule has 0 bridgehead atoms. The number of rotatable bonds is 4. The molecule has 3 rings (SSSR count). The van der Waals surface area contributed by atoms with Crippen LogP contribution in [0, 0.1) is 11.7 Å². The van der Waals surface area contributed by atoms with E-state index in [4.69, 9.17) is 9.90 Å². The molecule has 3 N–H and O–H groups in total. The number of alkyl halides is 3. The first kappa shape index (κ1) is 25.1. The lowest BCUT2D eigenvalue weighted by molar-refractivity contribution is -0.192. The van der Waals surface area contributed by atoms with E-state index in [9.17, 15) is 22.4 Å². The highest BCUT2D eigenvalue weighted by Gasteiger charge is 2.42.